The van der Waals surface area contributed by atoms with Gasteiger partial charge in [0.25, 0.3) is 0 Å². The third-order valence-electron chi connectivity index (χ3n) is 1.58. The molecule has 5 heteroatoms. The zero-order valence-electron chi connectivity index (χ0n) is 8.20. The number of carbonyl (C=O) groups is 2. The maximum Gasteiger partial charge on any atom is 0.304 e. The molecule has 0 rings (SSSR count). The van der Waals surface area contributed by atoms with E-state index in [1.165, 1.54) is 4.90 Å². The zero-order chi connectivity index (χ0) is 10.4. The molecule has 5 nitrogen and oxygen atoms in total. The van der Waals surface area contributed by atoms with E-state index in [-0.39, 0.29) is 24.9 Å². The highest BCUT2D eigenvalue weighted by Crippen LogP contribution is 1.89. The van der Waals surface area contributed by atoms with Gasteiger partial charge in [0.1, 0.15) is 0 Å². The van der Waals surface area contributed by atoms with Crippen molar-refractivity contribution in [3.05, 3.63) is 0 Å². The molecule has 0 radical (unpaired) electrons. The first kappa shape index (κ1) is 11.9. The van der Waals surface area contributed by atoms with E-state index in [4.69, 9.17) is 5.11 Å². The molecule has 0 aliphatic carbocycles. The summed E-state index contributed by atoms with van der Waals surface area (Å²) < 4.78 is 0. The molecule has 13 heavy (non-hydrogen) atoms. The van der Waals surface area contributed by atoms with Gasteiger partial charge in [-0.15, -0.1) is 0 Å². The minimum absolute atomic E-state index is 0.0285. The molecule has 0 bridgehead atoms. The molecule has 0 aliphatic heterocycles. The van der Waals surface area contributed by atoms with Gasteiger partial charge in [-0.05, 0) is 6.92 Å². The molecule has 0 aliphatic rings. The second-order valence-electron chi connectivity index (χ2n) is 3.17. The summed E-state index contributed by atoms with van der Waals surface area (Å²) in [6.45, 7) is 1.92. The lowest BCUT2D eigenvalue weighted by Crippen LogP contribution is -2.38. The molecule has 1 unspecified atom stereocenters. The maximum atomic E-state index is 11.0. The van der Waals surface area contributed by atoms with Crippen LogP contribution in [-0.2, 0) is 9.59 Å². The van der Waals surface area contributed by atoms with E-state index in [1.807, 2.05) is 0 Å². The summed E-state index contributed by atoms with van der Waals surface area (Å²) in [5.74, 6) is -0.922. The fraction of sp³-hybridized carbons (Fsp3) is 0.750. The lowest BCUT2D eigenvalue weighted by atomic mass is 10.2. The first-order valence-electron chi connectivity index (χ1n) is 4.08. The van der Waals surface area contributed by atoms with Crippen LogP contribution >= 0.6 is 0 Å². The Hall–Kier alpha value is -1.10. The predicted molar refractivity (Wildman–Crippen MR) is 48.4 cm³/mol. The number of hydrogen-bond acceptors (Lipinski definition) is 3. The number of carbonyl (C=O) groups excluding carboxylic acids is 1. The molecule has 0 heterocycles. The van der Waals surface area contributed by atoms with Crippen LogP contribution in [0.2, 0.25) is 0 Å². The predicted octanol–water partition coefficient (Wildman–Crippen LogP) is -0.473. The van der Waals surface area contributed by atoms with Gasteiger partial charge in [-0.1, -0.05) is 0 Å². The van der Waals surface area contributed by atoms with Gasteiger partial charge < -0.3 is 15.3 Å². The summed E-state index contributed by atoms with van der Waals surface area (Å²) in [6.07, 6.45) is 0.0285. The summed E-state index contributed by atoms with van der Waals surface area (Å²) in [6, 6.07) is -0.179. The van der Waals surface area contributed by atoms with Crippen LogP contribution in [-0.4, -0.2) is 48.6 Å². The first-order valence-corrected chi connectivity index (χ1v) is 4.08. The summed E-state index contributed by atoms with van der Waals surface area (Å²) in [5.41, 5.74) is 0. The topological polar surface area (TPSA) is 69.6 Å². The van der Waals surface area contributed by atoms with Crippen molar-refractivity contribution in [3.8, 4) is 0 Å². The number of likely N-dealkylation sites (N-methyl/N-ethyl adjacent to an activating group) is 1. The highest BCUT2D eigenvalue weighted by atomic mass is 16.4. The van der Waals surface area contributed by atoms with Crippen molar-refractivity contribution in [1.29, 1.82) is 0 Å². The normalized spacial score (nSPS) is 12.2. The molecule has 2 N–H and O–H groups in total. The number of nitrogens with zero attached hydrogens (tertiary/aromatic N) is 1. The molecule has 0 aromatic heterocycles. The number of rotatable bonds is 5. The highest BCUT2D eigenvalue weighted by molar-refractivity contribution is 5.77. The van der Waals surface area contributed by atoms with E-state index < -0.39 is 5.97 Å². The summed E-state index contributed by atoms with van der Waals surface area (Å²) in [4.78, 5) is 22.8. The van der Waals surface area contributed by atoms with Crippen molar-refractivity contribution in [3.63, 3.8) is 0 Å². The van der Waals surface area contributed by atoms with E-state index in [9.17, 15) is 9.59 Å². The van der Waals surface area contributed by atoms with E-state index >= 15 is 0 Å². The van der Waals surface area contributed by atoms with Gasteiger partial charge >= 0.3 is 5.97 Å². The lowest BCUT2D eigenvalue weighted by molar-refractivity contribution is -0.137. The minimum atomic E-state index is -0.864. The van der Waals surface area contributed by atoms with Gasteiger partial charge in [-0.2, -0.15) is 0 Å². The van der Waals surface area contributed by atoms with Crippen molar-refractivity contribution in [2.24, 2.45) is 0 Å². The molecule has 0 aromatic rings. The van der Waals surface area contributed by atoms with Gasteiger partial charge in [0.05, 0.1) is 13.0 Å². The van der Waals surface area contributed by atoms with Crippen LogP contribution in [0, 0.1) is 0 Å². The van der Waals surface area contributed by atoms with E-state index in [1.54, 1.807) is 21.0 Å². The van der Waals surface area contributed by atoms with Crippen LogP contribution < -0.4 is 5.32 Å². The average molecular weight is 188 g/mol. The summed E-state index contributed by atoms with van der Waals surface area (Å²) >= 11 is 0. The van der Waals surface area contributed by atoms with Gasteiger partial charge in [-0.3, -0.25) is 9.59 Å². The lowest BCUT2D eigenvalue weighted by Gasteiger charge is -2.14. The molecule has 1 amide bonds. The van der Waals surface area contributed by atoms with Crippen molar-refractivity contribution < 1.29 is 14.7 Å². The maximum absolute atomic E-state index is 11.0. The number of hydrogen-bond donors (Lipinski definition) is 2. The molecule has 0 saturated carbocycles. The van der Waals surface area contributed by atoms with Gasteiger partial charge in [0.2, 0.25) is 5.91 Å². The molecular formula is C8H16N2O3. The standard InChI is InChI=1S/C8H16N2O3/c1-6(4-8(12)13)9-5-7(11)10(2)3/h6,9H,4-5H2,1-3H3,(H,12,13). The quantitative estimate of drug-likeness (QED) is 0.612. The van der Waals surface area contributed by atoms with Crippen LogP contribution in [0.3, 0.4) is 0 Å². The first-order chi connectivity index (χ1) is 5.93. The third kappa shape index (κ3) is 6.10. The van der Waals surface area contributed by atoms with Crippen LogP contribution in [0.5, 0.6) is 0 Å². The Morgan fingerprint density at radius 2 is 2.00 bits per heavy atom. The Kier molecular flexibility index (Phi) is 5.06. The molecular weight excluding hydrogens is 172 g/mol. The molecule has 0 fully saturated rings. The Morgan fingerprint density at radius 1 is 1.46 bits per heavy atom. The van der Waals surface area contributed by atoms with Crippen LogP contribution in [0.1, 0.15) is 13.3 Å². The van der Waals surface area contributed by atoms with Crippen molar-refractivity contribution in [1.82, 2.24) is 10.2 Å². The SMILES string of the molecule is CC(CC(=O)O)NCC(=O)N(C)C. The van der Waals surface area contributed by atoms with E-state index in [0.717, 1.165) is 0 Å². The van der Waals surface area contributed by atoms with Gasteiger partial charge in [0, 0.05) is 20.1 Å². The Labute approximate surface area is 77.7 Å². The van der Waals surface area contributed by atoms with E-state index in [0.29, 0.717) is 0 Å². The fourth-order valence-corrected chi connectivity index (χ4v) is 0.754. The van der Waals surface area contributed by atoms with E-state index in [2.05, 4.69) is 5.32 Å². The molecule has 0 saturated heterocycles. The number of carboxylic acid groups (broad SMARTS) is 1. The van der Waals surface area contributed by atoms with Crippen molar-refractivity contribution in [2.45, 2.75) is 19.4 Å². The van der Waals surface area contributed by atoms with Crippen LogP contribution in [0.25, 0.3) is 0 Å². The molecule has 76 valence electrons. The number of aliphatic carboxylic acids is 1. The van der Waals surface area contributed by atoms with Crippen LogP contribution in [0.15, 0.2) is 0 Å². The second-order valence-corrected chi connectivity index (χ2v) is 3.17. The van der Waals surface area contributed by atoms with Crippen LogP contribution in [0.4, 0.5) is 0 Å². The summed E-state index contributed by atoms with van der Waals surface area (Å²) in [5, 5.41) is 11.2. The average Bonchev–Trinajstić information content (AvgIpc) is 1.98. The van der Waals surface area contributed by atoms with Crippen molar-refractivity contribution >= 4 is 11.9 Å². The minimum Gasteiger partial charge on any atom is -0.481 e. The largest absolute Gasteiger partial charge is 0.481 e. The Morgan fingerprint density at radius 3 is 2.38 bits per heavy atom. The van der Waals surface area contributed by atoms with Crippen molar-refractivity contribution in [2.75, 3.05) is 20.6 Å². The molecule has 1 atom stereocenters. The second kappa shape index (κ2) is 5.53. The highest BCUT2D eigenvalue weighted by Gasteiger charge is 2.09. The third-order valence-corrected chi connectivity index (χ3v) is 1.58. The number of carboxylic acids is 1. The van der Waals surface area contributed by atoms with Gasteiger partial charge in [-0.25, -0.2) is 0 Å². The molecule has 0 aromatic carbocycles. The number of nitrogens with one attached hydrogen (secondary N) is 1. The summed E-state index contributed by atoms with van der Waals surface area (Å²) in [7, 11) is 3.32. The zero-order valence-corrected chi connectivity index (χ0v) is 8.20. The molecule has 0 spiro atoms. The Bertz CT molecular complexity index is 192. The fourth-order valence-electron chi connectivity index (χ4n) is 0.754. The smallest absolute Gasteiger partial charge is 0.304 e. The Balaban J connectivity index is 3.63. The number of amides is 1. The van der Waals surface area contributed by atoms with Gasteiger partial charge in [0.15, 0.2) is 0 Å². The monoisotopic (exact) mass is 188 g/mol.